The van der Waals surface area contributed by atoms with E-state index in [0.717, 1.165) is 0 Å². The third-order valence-electron chi connectivity index (χ3n) is 1.30. The molecule has 0 aromatic rings. The summed E-state index contributed by atoms with van der Waals surface area (Å²) in [5.74, 6) is 0.510. The topological polar surface area (TPSA) is 38.3 Å². The molecular weight excluding hydrogens is 190 g/mol. The Bertz CT molecular complexity index is 247. The Hall–Kier alpha value is -1.25. The lowest BCUT2D eigenvalue weighted by atomic mass is 10.2. The Kier molecular flexibility index (Phi) is 5.75. The number of ether oxygens (including phenoxy) is 1. The van der Waals surface area contributed by atoms with Gasteiger partial charge in [-0.25, -0.2) is 4.79 Å². The molecule has 15 heavy (non-hydrogen) atoms. The Morgan fingerprint density at radius 2 is 1.87 bits per heavy atom. The van der Waals surface area contributed by atoms with Crippen LogP contribution in [0.3, 0.4) is 0 Å². The van der Waals surface area contributed by atoms with Crippen molar-refractivity contribution in [1.82, 2.24) is 5.32 Å². The standard InChI is InChI=1S/C12H21NO2/c1-10(2)8-6-7-9-13-11(14)15-12(3,4)5/h6-10H,1-5H3,(H,13,14)/b8-6-,9-7+. The number of hydrogen-bond acceptors (Lipinski definition) is 2. The Morgan fingerprint density at radius 1 is 1.27 bits per heavy atom. The van der Waals surface area contributed by atoms with Gasteiger partial charge in [-0.05, 0) is 32.8 Å². The minimum Gasteiger partial charge on any atom is -0.444 e. The Labute approximate surface area is 92.2 Å². The molecule has 3 heteroatoms. The molecule has 0 rings (SSSR count). The van der Waals surface area contributed by atoms with Crippen LogP contribution in [0, 0.1) is 5.92 Å². The molecule has 0 radical (unpaired) electrons. The van der Waals surface area contributed by atoms with Gasteiger partial charge < -0.3 is 4.74 Å². The molecule has 1 N–H and O–H groups in total. The van der Waals surface area contributed by atoms with Crippen LogP contribution in [-0.4, -0.2) is 11.7 Å². The summed E-state index contributed by atoms with van der Waals surface area (Å²) in [5, 5.41) is 2.52. The summed E-state index contributed by atoms with van der Waals surface area (Å²) >= 11 is 0. The molecule has 0 atom stereocenters. The molecule has 1 amide bonds. The summed E-state index contributed by atoms with van der Waals surface area (Å²) in [4.78, 5) is 11.1. The van der Waals surface area contributed by atoms with E-state index in [1.54, 1.807) is 12.3 Å². The van der Waals surface area contributed by atoms with Crippen molar-refractivity contribution < 1.29 is 9.53 Å². The highest BCUT2D eigenvalue weighted by atomic mass is 16.6. The van der Waals surface area contributed by atoms with E-state index in [2.05, 4.69) is 19.2 Å². The lowest BCUT2D eigenvalue weighted by Gasteiger charge is -2.18. The van der Waals surface area contributed by atoms with Crippen molar-refractivity contribution in [2.45, 2.75) is 40.2 Å². The van der Waals surface area contributed by atoms with Gasteiger partial charge in [-0.2, -0.15) is 0 Å². The van der Waals surface area contributed by atoms with Crippen molar-refractivity contribution in [1.29, 1.82) is 0 Å². The number of rotatable bonds is 3. The van der Waals surface area contributed by atoms with Crippen LogP contribution in [-0.2, 0) is 4.74 Å². The van der Waals surface area contributed by atoms with Crippen LogP contribution in [0.15, 0.2) is 24.4 Å². The van der Waals surface area contributed by atoms with E-state index in [0.29, 0.717) is 5.92 Å². The lowest BCUT2D eigenvalue weighted by molar-refractivity contribution is 0.0552. The zero-order chi connectivity index (χ0) is 11.9. The van der Waals surface area contributed by atoms with Crippen LogP contribution in [0.4, 0.5) is 4.79 Å². The highest BCUT2D eigenvalue weighted by Crippen LogP contribution is 2.06. The highest BCUT2D eigenvalue weighted by molar-refractivity contribution is 5.68. The van der Waals surface area contributed by atoms with E-state index in [4.69, 9.17) is 4.74 Å². The van der Waals surface area contributed by atoms with Gasteiger partial charge in [0, 0.05) is 6.20 Å². The Morgan fingerprint density at radius 3 is 2.33 bits per heavy atom. The quantitative estimate of drug-likeness (QED) is 0.728. The number of alkyl carbamates (subject to hydrolysis) is 1. The first-order valence-corrected chi connectivity index (χ1v) is 5.14. The van der Waals surface area contributed by atoms with Crippen LogP contribution in [0.2, 0.25) is 0 Å². The highest BCUT2D eigenvalue weighted by Gasteiger charge is 2.14. The molecule has 0 aliphatic rings. The maximum absolute atomic E-state index is 11.1. The van der Waals surface area contributed by atoms with Gasteiger partial charge in [-0.15, -0.1) is 0 Å². The van der Waals surface area contributed by atoms with E-state index >= 15 is 0 Å². The van der Waals surface area contributed by atoms with E-state index in [1.807, 2.05) is 32.9 Å². The summed E-state index contributed by atoms with van der Waals surface area (Å²) in [5.41, 5.74) is -0.453. The molecule has 0 aromatic heterocycles. The van der Waals surface area contributed by atoms with Gasteiger partial charge in [-0.3, -0.25) is 5.32 Å². The maximum atomic E-state index is 11.1. The normalized spacial score (nSPS) is 12.7. The van der Waals surface area contributed by atoms with E-state index in [1.165, 1.54) is 0 Å². The fourth-order valence-electron chi connectivity index (χ4n) is 0.766. The number of carbonyl (C=O) groups is 1. The van der Waals surface area contributed by atoms with Crippen LogP contribution in [0.5, 0.6) is 0 Å². The van der Waals surface area contributed by atoms with Gasteiger partial charge in [0.25, 0.3) is 0 Å². The molecule has 0 spiro atoms. The van der Waals surface area contributed by atoms with Crippen molar-refractivity contribution in [2.24, 2.45) is 5.92 Å². The number of allylic oxidation sites excluding steroid dienone is 3. The molecule has 0 bridgehead atoms. The minimum absolute atomic E-state index is 0.434. The molecule has 0 aromatic carbocycles. The molecule has 0 heterocycles. The van der Waals surface area contributed by atoms with E-state index in [-0.39, 0.29) is 0 Å². The monoisotopic (exact) mass is 211 g/mol. The van der Waals surface area contributed by atoms with Gasteiger partial charge >= 0.3 is 6.09 Å². The summed E-state index contributed by atoms with van der Waals surface area (Å²) in [6.45, 7) is 9.66. The minimum atomic E-state index is -0.453. The van der Waals surface area contributed by atoms with Crippen molar-refractivity contribution >= 4 is 6.09 Å². The average Bonchev–Trinajstić information content (AvgIpc) is 1.99. The molecule has 0 aliphatic heterocycles. The first kappa shape index (κ1) is 13.8. The van der Waals surface area contributed by atoms with Gasteiger partial charge in [0.1, 0.15) is 5.60 Å². The average molecular weight is 211 g/mol. The second-order valence-corrected chi connectivity index (χ2v) is 4.63. The van der Waals surface area contributed by atoms with Crippen molar-refractivity contribution in [3.05, 3.63) is 24.4 Å². The second kappa shape index (κ2) is 6.27. The fraction of sp³-hybridized carbons (Fsp3) is 0.583. The molecule has 86 valence electrons. The lowest BCUT2D eigenvalue weighted by Crippen LogP contribution is -2.29. The zero-order valence-electron chi connectivity index (χ0n) is 10.2. The molecule has 3 nitrogen and oxygen atoms in total. The molecule has 0 aliphatic carbocycles. The van der Waals surface area contributed by atoms with E-state index < -0.39 is 11.7 Å². The maximum Gasteiger partial charge on any atom is 0.411 e. The first-order valence-electron chi connectivity index (χ1n) is 5.14. The van der Waals surface area contributed by atoms with Gasteiger partial charge in [0.15, 0.2) is 0 Å². The van der Waals surface area contributed by atoms with Crippen molar-refractivity contribution in [3.63, 3.8) is 0 Å². The number of hydrogen-bond donors (Lipinski definition) is 1. The van der Waals surface area contributed by atoms with Crippen LogP contribution >= 0.6 is 0 Å². The third kappa shape index (κ3) is 10.7. The summed E-state index contributed by atoms with van der Waals surface area (Å²) in [6.07, 6.45) is 6.82. The fourth-order valence-corrected chi connectivity index (χ4v) is 0.766. The molecular formula is C12H21NO2. The first-order chi connectivity index (χ1) is 6.81. The number of nitrogens with one attached hydrogen (secondary N) is 1. The molecule has 0 saturated heterocycles. The molecule has 0 fully saturated rings. The summed E-state index contributed by atoms with van der Waals surface area (Å²) < 4.78 is 5.04. The van der Waals surface area contributed by atoms with Crippen molar-refractivity contribution in [3.8, 4) is 0 Å². The number of carbonyl (C=O) groups excluding carboxylic acids is 1. The van der Waals surface area contributed by atoms with Gasteiger partial charge in [-0.1, -0.05) is 26.0 Å². The predicted molar refractivity (Wildman–Crippen MR) is 62.5 cm³/mol. The van der Waals surface area contributed by atoms with Crippen LogP contribution in [0.1, 0.15) is 34.6 Å². The summed E-state index contributed by atoms with van der Waals surface area (Å²) in [6, 6.07) is 0. The second-order valence-electron chi connectivity index (χ2n) is 4.63. The summed E-state index contributed by atoms with van der Waals surface area (Å²) in [7, 11) is 0. The van der Waals surface area contributed by atoms with Crippen LogP contribution in [0.25, 0.3) is 0 Å². The molecule has 0 unspecified atom stereocenters. The van der Waals surface area contributed by atoms with E-state index in [9.17, 15) is 4.79 Å². The zero-order valence-corrected chi connectivity index (χ0v) is 10.2. The van der Waals surface area contributed by atoms with Gasteiger partial charge in [0.05, 0.1) is 0 Å². The molecule has 0 saturated carbocycles. The Balaban J connectivity index is 3.81. The largest absolute Gasteiger partial charge is 0.444 e. The third-order valence-corrected chi connectivity index (χ3v) is 1.30. The predicted octanol–water partition coefficient (Wildman–Crippen LogP) is 3.24. The van der Waals surface area contributed by atoms with Crippen LogP contribution < -0.4 is 5.32 Å². The van der Waals surface area contributed by atoms with Gasteiger partial charge in [0.2, 0.25) is 0 Å². The van der Waals surface area contributed by atoms with Crippen molar-refractivity contribution in [2.75, 3.05) is 0 Å². The SMILES string of the molecule is CC(C)/C=C\C=C\NC(=O)OC(C)(C)C. The smallest absolute Gasteiger partial charge is 0.411 e. The number of amides is 1.